The number of carboxylic acid groups (broad SMARTS) is 1. The third-order valence-electron chi connectivity index (χ3n) is 3.85. The normalized spacial score (nSPS) is 20.0. The number of hydrazine groups is 1. The van der Waals surface area contributed by atoms with Crippen molar-refractivity contribution in [3.05, 3.63) is 57.5 Å². The summed E-state index contributed by atoms with van der Waals surface area (Å²) in [5.41, 5.74) is 4.21. The highest BCUT2D eigenvalue weighted by atomic mass is 79.9. The van der Waals surface area contributed by atoms with Crippen LogP contribution >= 0.6 is 15.9 Å². The number of nitrogens with zero attached hydrogens (tertiary/aromatic N) is 1. The highest BCUT2D eigenvalue weighted by molar-refractivity contribution is 9.10. The first-order chi connectivity index (χ1) is 11.5. The average Bonchev–Trinajstić information content (AvgIpc) is 2.54. The third kappa shape index (κ3) is 3.34. The molecule has 0 aromatic heterocycles. The summed E-state index contributed by atoms with van der Waals surface area (Å²) in [5, 5.41) is 13.3. The van der Waals surface area contributed by atoms with Crippen LogP contribution in [0.2, 0.25) is 0 Å². The molecule has 0 spiro atoms. The van der Waals surface area contributed by atoms with Gasteiger partial charge in [0.15, 0.2) is 0 Å². The molecule has 0 fully saturated rings. The number of carbonyl (C=O) groups excluding carboxylic acids is 1. The van der Waals surface area contributed by atoms with Gasteiger partial charge in [0, 0.05) is 22.2 Å². The van der Waals surface area contributed by atoms with E-state index in [4.69, 9.17) is 5.11 Å². The minimum atomic E-state index is -0.984. The van der Waals surface area contributed by atoms with E-state index in [-0.39, 0.29) is 18.9 Å². The molecule has 2 aliphatic heterocycles. The molecule has 0 saturated heterocycles. The van der Waals surface area contributed by atoms with Crippen molar-refractivity contribution in [1.82, 2.24) is 15.8 Å². The van der Waals surface area contributed by atoms with Crippen LogP contribution < -0.4 is 10.7 Å². The third-order valence-corrected chi connectivity index (χ3v) is 4.34. The van der Waals surface area contributed by atoms with Gasteiger partial charge in [-0.3, -0.25) is 14.6 Å². The van der Waals surface area contributed by atoms with Gasteiger partial charge in [0.05, 0.1) is 19.0 Å². The van der Waals surface area contributed by atoms with Crippen molar-refractivity contribution in [2.45, 2.75) is 19.0 Å². The maximum Gasteiger partial charge on any atom is 0.305 e. The summed E-state index contributed by atoms with van der Waals surface area (Å²) < 4.78 is 14.7. The van der Waals surface area contributed by atoms with Gasteiger partial charge in [0.25, 0.3) is 5.91 Å². The number of amides is 1. The number of rotatable bonds is 4. The predicted molar refractivity (Wildman–Crippen MR) is 88.0 cm³/mol. The molecule has 2 heterocycles. The van der Waals surface area contributed by atoms with Gasteiger partial charge >= 0.3 is 5.97 Å². The van der Waals surface area contributed by atoms with Gasteiger partial charge < -0.3 is 10.4 Å². The second kappa shape index (κ2) is 6.74. The zero-order valence-electron chi connectivity index (χ0n) is 12.6. The molecule has 1 atom stereocenters. The van der Waals surface area contributed by atoms with Crippen LogP contribution in [0, 0.1) is 5.82 Å². The van der Waals surface area contributed by atoms with Gasteiger partial charge in [-0.05, 0) is 12.1 Å². The second-order valence-corrected chi connectivity index (χ2v) is 6.44. The number of carbonyl (C=O) groups is 2. The fourth-order valence-electron chi connectivity index (χ4n) is 2.74. The second-order valence-electron chi connectivity index (χ2n) is 5.52. The summed E-state index contributed by atoms with van der Waals surface area (Å²) in [7, 11) is 0. The summed E-state index contributed by atoms with van der Waals surface area (Å²) in [6.07, 6.45) is 3.39. The van der Waals surface area contributed by atoms with E-state index in [1.54, 1.807) is 18.2 Å². The van der Waals surface area contributed by atoms with E-state index in [2.05, 4.69) is 26.7 Å². The maximum atomic E-state index is 14.0. The maximum absolute atomic E-state index is 14.0. The Morgan fingerprint density at radius 3 is 2.96 bits per heavy atom. The number of hydrogen-bond donors (Lipinski definition) is 3. The van der Waals surface area contributed by atoms with Crippen LogP contribution in [0.5, 0.6) is 0 Å². The fraction of sp³-hybridized carbons (Fsp3) is 0.250. The first-order valence-electron chi connectivity index (χ1n) is 7.34. The first-order valence-corrected chi connectivity index (χ1v) is 8.13. The zero-order valence-corrected chi connectivity index (χ0v) is 14.1. The van der Waals surface area contributed by atoms with Crippen molar-refractivity contribution < 1.29 is 19.1 Å². The molecular formula is C16H15BrFN3O3. The highest BCUT2D eigenvalue weighted by Crippen LogP contribution is 2.24. The van der Waals surface area contributed by atoms with Crippen LogP contribution in [-0.2, 0) is 16.1 Å². The van der Waals surface area contributed by atoms with Gasteiger partial charge in [-0.2, -0.15) is 0 Å². The van der Waals surface area contributed by atoms with E-state index in [9.17, 15) is 14.0 Å². The Labute approximate surface area is 146 Å². The van der Waals surface area contributed by atoms with E-state index >= 15 is 0 Å². The molecule has 0 bridgehead atoms. The molecule has 0 saturated carbocycles. The summed E-state index contributed by atoms with van der Waals surface area (Å²) in [6, 6.07) is 4.04. The summed E-state index contributed by atoms with van der Waals surface area (Å²) in [4.78, 5) is 23.7. The van der Waals surface area contributed by atoms with Gasteiger partial charge in [-0.15, -0.1) is 0 Å². The molecule has 3 N–H and O–H groups in total. The number of carboxylic acids is 1. The molecule has 1 aromatic carbocycles. The number of halogens is 2. The number of benzene rings is 1. The van der Waals surface area contributed by atoms with Crippen molar-refractivity contribution in [3.63, 3.8) is 0 Å². The summed E-state index contributed by atoms with van der Waals surface area (Å²) in [5.74, 6) is -1.76. The molecule has 1 unspecified atom stereocenters. The Morgan fingerprint density at radius 1 is 1.46 bits per heavy atom. The van der Waals surface area contributed by atoms with Gasteiger partial charge in [0.1, 0.15) is 11.5 Å². The van der Waals surface area contributed by atoms with Crippen LogP contribution in [-0.4, -0.2) is 34.6 Å². The lowest BCUT2D eigenvalue weighted by atomic mass is 9.97. The summed E-state index contributed by atoms with van der Waals surface area (Å²) in [6.45, 7) is 0.487. The minimum Gasteiger partial charge on any atom is -0.481 e. The van der Waals surface area contributed by atoms with E-state index < -0.39 is 17.8 Å². The monoisotopic (exact) mass is 395 g/mol. The SMILES string of the molecule is O=C(O)CC1NN(Cc2ccc(Br)cc2F)C(=O)C2=C1C=CCN2. The first kappa shape index (κ1) is 16.7. The Kier molecular flexibility index (Phi) is 4.68. The van der Waals surface area contributed by atoms with Crippen molar-refractivity contribution in [3.8, 4) is 0 Å². The molecule has 0 aliphatic carbocycles. The number of nitrogens with one attached hydrogen (secondary N) is 2. The minimum absolute atomic E-state index is 0.00373. The van der Waals surface area contributed by atoms with Crippen LogP contribution in [0.3, 0.4) is 0 Å². The lowest BCUT2D eigenvalue weighted by Gasteiger charge is -2.37. The van der Waals surface area contributed by atoms with Crippen molar-refractivity contribution in [2.75, 3.05) is 6.54 Å². The van der Waals surface area contributed by atoms with E-state index in [1.807, 2.05) is 6.08 Å². The smallest absolute Gasteiger partial charge is 0.305 e. The van der Waals surface area contributed by atoms with Crippen LogP contribution in [0.4, 0.5) is 4.39 Å². The molecule has 1 aromatic rings. The Bertz CT molecular complexity index is 763. The van der Waals surface area contributed by atoms with E-state index in [1.165, 1.54) is 11.1 Å². The van der Waals surface area contributed by atoms with Crippen molar-refractivity contribution >= 4 is 27.8 Å². The highest BCUT2D eigenvalue weighted by Gasteiger charge is 2.34. The van der Waals surface area contributed by atoms with E-state index in [0.29, 0.717) is 27.9 Å². The molecule has 2 aliphatic rings. The zero-order chi connectivity index (χ0) is 17.3. The fourth-order valence-corrected chi connectivity index (χ4v) is 3.07. The van der Waals surface area contributed by atoms with Crippen molar-refractivity contribution in [1.29, 1.82) is 0 Å². The Hall–Kier alpha value is -2.19. The molecule has 6 nitrogen and oxygen atoms in total. The lowest BCUT2D eigenvalue weighted by Crippen LogP contribution is -2.56. The van der Waals surface area contributed by atoms with Crippen molar-refractivity contribution in [2.24, 2.45) is 0 Å². The van der Waals surface area contributed by atoms with Gasteiger partial charge in [0.2, 0.25) is 0 Å². The Morgan fingerprint density at radius 2 is 2.25 bits per heavy atom. The standard InChI is InChI=1S/C16H15BrFN3O3/c17-10-4-3-9(12(18)6-10)8-21-16(24)15-11(2-1-5-19-15)13(20-21)7-14(22)23/h1-4,6,13,19-20H,5,7-8H2,(H,22,23). The lowest BCUT2D eigenvalue weighted by molar-refractivity contribution is -0.140. The molecule has 24 heavy (non-hydrogen) atoms. The number of aliphatic carboxylic acids is 1. The van der Waals surface area contributed by atoms with Crippen LogP contribution in [0.15, 0.2) is 46.1 Å². The molecule has 3 rings (SSSR count). The largest absolute Gasteiger partial charge is 0.481 e. The average molecular weight is 396 g/mol. The Balaban J connectivity index is 1.89. The molecule has 1 amide bonds. The molecule has 8 heteroatoms. The van der Waals surface area contributed by atoms with Gasteiger partial charge in [-0.1, -0.05) is 34.1 Å². The van der Waals surface area contributed by atoms with Crippen LogP contribution in [0.25, 0.3) is 0 Å². The van der Waals surface area contributed by atoms with E-state index in [0.717, 1.165) is 0 Å². The number of hydrogen-bond acceptors (Lipinski definition) is 4. The number of dihydropyridines is 1. The van der Waals surface area contributed by atoms with Gasteiger partial charge in [-0.25, -0.2) is 9.82 Å². The topological polar surface area (TPSA) is 81.7 Å². The predicted octanol–water partition coefficient (Wildman–Crippen LogP) is 1.69. The summed E-state index contributed by atoms with van der Waals surface area (Å²) >= 11 is 3.19. The molecule has 126 valence electrons. The molecular weight excluding hydrogens is 381 g/mol. The van der Waals surface area contributed by atoms with Crippen LogP contribution in [0.1, 0.15) is 12.0 Å². The molecule has 0 radical (unpaired) electrons. The quantitative estimate of drug-likeness (QED) is 0.722.